The Balaban J connectivity index is 0.000000671. The number of carbonyl (C=O) groups excluding carboxylic acids is 1. The van der Waals surface area contributed by atoms with Crippen LogP contribution in [0.3, 0.4) is 0 Å². The Bertz CT molecular complexity index is 786. The molecule has 1 aromatic carbocycles. The normalized spacial score (nSPS) is 9.42. The second kappa shape index (κ2) is 9.34. The maximum atomic E-state index is 12.9. The summed E-state index contributed by atoms with van der Waals surface area (Å²) < 4.78 is 26.5. The van der Waals surface area contributed by atoms with Gasteiger partial charge in [-0.1, -0.05) is 27.7 Å². The molecule has 5 nitrogen and oxygen atoms in total. The molecule has 3 aromatic rings. The van der Waals surface area contributed by atoms with E-state index in [0.29, 0.717) is 16.9 Å². The van der Waals surface area contributed by atoms with Crippen molar-refractivity contribution in [3.05, 3.63) is 54.4 Å². The van der Waals surface area contributed by atoms with Crippen molar-refractivity contribution in [3.63, 3.8) is 0 Å². The van der Waals surface area contributed by atoms with Crippen molar-refractivity contribution in [2.75, 3.05) is 0 Å². The second-order valence-electron chi connectivity index (χ2n) is 3.98. The van der Waals surface area contributed by atoms with E-state index in [0.717, 1.165) is 0 Å². The van der Waals surface area contributed by atoms with Gasteiger partial charge in [-0.05, 0) is 24.3 Å². The van der Waals surface area contributed by atoms with E-state index in [1.54, 1.807) is 22.7 Å². The fraction of sp³-hybridized carbons (Fsp3) is 0.235. The van der Waals surface area contributed by atoms with Gasteiger partial charge in [-0.15, -0.1) is 0 Å². The Hall–Kier alpha value is -2.83. The highest BCUT2D eigenvalue weighted by atomic mass is 19.3. The summed E-state index contributed by atoms with van der Waals surface area (Å²) in [5.41, 5.74) is 0.766. The molecule has 0 aliphatic rings. The summed E-state index contributed by atoms with van der Waals surface area (Å²) >= 11 is 0. The van der Waals surface area contributed by atoms with Crippen molar-refractivity contribution in [2.24, 2.45) is 0 Å². The third-order valence-corrected chi connectivity index (χ3v) is 2.82. The Morgan fingerprint density at radius 3 is 2.29 bits per heavy atom. The van der Waals surface area contributed by atoms with E-state index in [1.165, 1.54) is 24.5 Å². The molecular weight excluding hydrogens is 316 g/mol. The van der Waals surface area contributed by atoms with Gasteiger partial charge in [0, 0.05) is 22.5 Å². The first-order valence-corrected chi connectivity index (χ1v) is 7.61. The van der Waals surface area contributed by atoms with Crippen LogP contribution < -0.4 is 0 Å². The number of hydrogen-bond donors (Lipinski definition) is 0. The lowest BCUT2D eigenvalue weighted by Crippen LogP contribution is -2.05. The van der Waals surface area contributed by atoms with Crippen LogP contribution in [0.4, 0.5) is 8.92 Å². The average molecular weight is 335 g/mol. The summed E-state index contributed by atoms with van der Waals surface area (Å²) in [6.07, 6.45) is 4.27. The summed E-state index contributed by atoms with van der Waals surface area (Å²) in [5, 5.41) is 0. The van der Waals surface area contributed by atoms with E-state index >= 15 is 0 Å². The van der Waals surface area contributed by atoms with Crippen LogP contribution in [0.1, 0.15) is 38.2 Å². The number of imidazole rings is 1. The molecule has 24 heavy (non-hydrogen) atoms. The van der Waals surface area contributed by atoms with E-state index in [-0.39, 0.29) is 11.5 Å². The predicted molar refractivity (Wildman–Crippen MR) is 87.6 cm³/mol. The van der Waals surface area contributed by atoms with E-state index in [1.807, 2.05) is 27.7 Å². The van der Waals surface area contributed by atoms with Gasteiger partial charge in [0.1, 0.15) is 11.6 Å². The van der Waals surface area contributed by atoms with Crippen LogP contribution in [0.5, 0.6) is 0 Å². The van der Waals surface area contributed by atoms with E-state index in [2.05, 4.69) is 14.9 Å². The summed E-state index contributed by atoms with van der Waals surface area (Å²) in [6, 6.07) is 5.71. The van der Waals surface area contributed by atoms with Gasteiger partial charge >= 0.3 is 5.97 Å². The van der Waals surface area contributed by atoms with Crippen LogP contribution in [-0.4, -0.2) is 20.3 Å². The molecule has 0 aliphatic heterocycles. The fourth-order valence-electron chi connectivity index (χ4n) is 1.93. The Labute approximate surface area is 138 Å². The van der Waals surface area contributed by atoms with E-state index in [9.17, 15) is 13.7 Å². The Morgan fingerprint density at radius 2 is 1.71 bits per heavy atom. The number of benzene rings is 1. The van der Waals surface area contributed by atoms with Gasteiger partial charge in [0.05, 0.1) is 11.7 Å². The maximum absolute atomic E-state index is 12.9. The van der Waals surface area contributed by atoms with E-state index < -0.39 is 5.97 Å². The molecule has 2 heterocycles. The first kappa shape index (κ1) is 19.2. The zero-order valence-electron chi connectivity index (χ0n) is 14.0. The van der Waals surface area contributed by atoms with Crippen molar-refractivity contribution < 1.29 is 18.7 Å². The van der Waals surface area contributed by atoms with Gasteiger partial charge in [0.2, 0.25) is 0 Å². The highest BCUT2D eigenvalue weighted by Gasteiger charge is 2.17. The second-order valence-corrected chi connectivity index (χ2v) is 3.98. The zero-order chi connectivity index (χ0) is 18.1. The molecular formula is C17H19F2N3O2. The van der Waals surface area contributed by atoms with Gasteiger partial charge in [-0.2, -0.15) is 0 Å². The average Bonchev–Trinajstić information content (AvgIpc) is 3.09. The molecule has 0 fully saturated rings. The quantitative estimate of drug-likeness (QED) is 0.685. The van der Waals surface area contributed by atoms with Crippen molar-refractivity contribution in [1.29, 1.82) is 0 Å². The third-order valence-electron chi connectivity index (χ3n) is 2.82. The van der Waals surface area contributed by atoms with Gasteiger partial charge in [0.15, 0.2) is 5.69 Å². The summed E-state index contributed by atoms with van der Waals surface area (Å²) in [6.45, 7) is 8.00. The number of fused-ring (bicyclic) bond motifs is 1. The molecule has 3 rings (SSSR count). The molecule has 0 radical (unpaired) electrons. The molecule has 0 spiro atoms. The van der Waals surface area contributed by atoms with Crippen LogP contribution in [-0.2, 0) is 4.94 Å². The minimum atomic E-state index is -1.19. The monoisotopic (exact) mass is 335 g/mol. The Kier molecular flexibility index (Phi) is 7.48. The SMILES string of the molecule is CC.CC.O=C(OF)c1nccn2c(-c3ccc(F)cc3)ncc12. The first-order valence-electron chi connectivity index (χ1n) is 7.61. The molecule has 128 valence electrons. The van der Waals surface area contributed by atoms with Crippen LogP contribution in [0.2, 0.25) is 0 Å². The first-order chi connectivity index (χ1) is 11.7. The standard InChI is InChI=1S/C13H7F2N3O2.2C2H6/c14-9-3-1-8(2-4-9)12-17-7-10-11(13(19)20-15)16-5-6-18(10)12;2*1-2/h1-7H;2*1-2H3. The van der Waals surface area contributed by atoms with Crippen LogP contribution in [0, 0.1) is 5.82 Å². The molecule has 2 aromatic heterocycles. The highest BCUT2D eigenvalue weighted by Crippen LogP contribution is 2.21. The number of hydrogen-bond acceptors (Lipinski definition) is 4. The van der Waals surface area contributed by atoms with Crippen LogP contribution in [0.15, 0.2) is 42.9 Å². The molecule has 0 N–H and O–H groups in total. The Morgan fingerprint density at radius 1 is 1.08 bits per heavy atom. The van der Waals surface area contributed by atoms with Crippen molar-refractivity contribution >= 4 is 11.5 Å². The van der Waals surface area contributed by atoms with E-state index in [4.69, 9.17) is 0 Å². The number of halogens is 2. The van der Waals surface area contributed by atoms with Crippen molar-refractivity contribution in [2.45, 2.75) is 27.7 Å². The lowest BCUT2D eigenvalue weighted by atomic mass is 10.2. The van der Waals surface area contributed by atoms with Gasteiger partial charge in [-0.3, -0.25) is 4.40 Å². The molecule has 0 amide bonds. The minimum Gasteiger partial charge on any atom is -0.296 e. The van der Waals surface area contributed by atoms with Gasteiger partial charge in [0.25, 0.3) is 0 Å². The fourth-order valence-corrected chi connectivity index (χ4v) is 1.93. The molecule has 0 aliphatic carbocycles. The molecule has 0 unspecified atom stereocenters. The molecule has 0 saturated carbocycles. The number of carbonyl (C=O) groups is 1. The van der Waals surface area contributed by atoms with Crippen molar-refractivity contribution in [3.8, 4) is 11.4 Å². The molecule has 0 bridgehead atoms. The molecule has 7 heteroatoms. The van der Waals surface area contributed by atoms with Crippen LogP contribution >= 0.6 is 0 Å². The van der Waals surface area contributed by atoms with Crippen LogP contribution in [0.25, 0.3) is 16.9 Å². The largest absolute Gasteiger partial charge is 0.399 e. The lowest BCUT2D eigenvalue weighted by molar-refractivity contribution is -0.0791. The van der Waals surface area contributed by atoms with Crippen molar-refractivity contribution in [1.82, 2.24) is 14.4 Å². The number of rotatable bonds is 2. The third kappa shape index (κ3) is 3.92. The summed E-state index contributed by atoms with van der Waals surface area (Å²) in [5.74, 6) is -1.07. The minimum absolute atomic E-state index is 0.184. The predicted octanol–water partition coefficient (Wildman–Crippen LogP) is 4.63. The summed E-state index contributed by atoms with van der Waals surface area (Å²) in [7, 11) is 0. The number of nitrogens with zero attached hydrogens (tertiary/aromatic N) is 3. The molecule has 0 saturated heterocycles. The lowest BCUT2D eigenvalue weighted by Gasteiger charge is -2.02. The summed E-state index contributed by atoms with van der Waals surface area (Å²) in [4.78, 5) is 22.4. The topological polar surface area (TPSA) is 56.5 Å². The van der Waals surface area contributed by atoms with Gasteiger partial charge in [-0.25, -0.2) is 24.1 Å². The zero-order valence-corrected chi connectivity index (χ0v) is 14.0. The maximum Gasteiger partial charge on any atom is 0.399 e. The number of aromatic nitrogens is 3. The molecule has 0 atom stereocenters. The smallest absolute Gasteiger partial charge is 0.296 e. The van der Waals surface area contributed by atoms with Gasteiger partial charge < -0.3 is 0 Å². The highest BCUT2D eigenvalue weighted by molar-refractivity contribution is 5.94.